The maximum Gasteiger partial charge on any atom is 0.407 e. The summed E-state index contributed by atoms with van der Waals surface area (Å²) in [5.41, 5.74) is 1.13. The number of benzene rings is 1. The first-order valence-electron chi connectivity index (χ1n) is 7.89. The van der Waals surface area contributed by atoms with Gasteiger partial charge in [-0.25, -0.2) is 4.79 Å². The van der Waals surface area contributed by atoms with Gasteiger partial charge in [0.2, 0.25) is 5.91 Å². The number of hydrogen-bond donors (Lipinski definition) is 1. The average Bonchev–Trinajstić information content (AvgIpc) is 2.55. The van der Waals surface area contributed by atoms with E-state index in [1.54, 1.807) is 0 Å². The predicted molar refractivity (Wildman–Crippen MR) is 84.5 cm³/mol. The quantitative estimate of drug-likeness (QED) is 0.910. The molecule has 0 unspecified atom stereocenters. The molecule has 5 nitrogen and oxygen atoms in total. The number of likely N-dealkylation sites (tertiary alicyclic amines) is 1. The molecule has 1 aromatic carbocycles. The Balaban J connectivity index is 1.93. The molecule has 1 N–H and O–H groups in total. The van der Waals surface area contributed by atoms with Gasteiger partial charge in [0.15, 0.2) is 0 Å². The van der Waals surface area contributed by atoms with E-state index in [-0.39, 0.29) is 5.91 Å². The third kappa shape index (κ3) is 4.48. The molecular weight excluding hydrogens is 280 g/mol. The smallest absolute Gasteiger partial charge is 0.407 e. The summed E-state index contributed by atoms with van der Waals surface area (Å²) in [6.45, 7) is 4.37. The molecule has 2 amide bonds. The molecule has 0 aromatic heterocycles. The number of hydrogen-bond acceptors (Lipinski definition) is 2. The second-order valence-electron chi connectivity index (χ2n) is 5.83. The maximum absolute atomic E-state index is 12.2. The molecule has 1 fully saturated rings. The Morgan fingerprint density at radius 2 is 1.86 bits per heavy atom. The van der Waals surface area contributed by atoms with Gasteiger partial charge in [-0.05, 0) is 24.3 Å². The van der Waals surface area contributed by atoms with Crippen LogP contribution in [0.15, 0.2) is 30.3 Å². The molecular formula is C17H24N2O3. The number of carboxylic acid groups (broad SMARTS) is 1. The Morgan fingerprint density at radius 1 is 1.23 bits per heavy atom. The van der Waals surface area contributed by atoms with E-state index in [9.17, 15) is 9.59 Å². The van der Waals surface area contributed by atoms with E-state index < -0.39 is 6.09 Å². The normalized spacial score (nSPS) is 15.6. The van der Waals surface area contributed by atoms with Gasteiger partial charge in [-0.3, -0.25) is 4.79 Å². The van der Waals surface area contributed by atoms with Gasteiger partial charge in [0, 0.05) is 32.6 Å². The van der Waals surface area contributed by atoms with Crippen LogP contribution >= 0.6 is 0 Å². The lowest BCUT2D eigenvalue weighted by Crippen LogP contribution is -2.42. The zero-order valence-corrected chi connectivity index (χ0v) is 13.1. The molecule has 0 spiro atoms. The van der Waals surface area contributed by atoms with E-state index in [1.807, 2.05) is 42.2 Å². The molecule has 1 aliphatic rings. The van der Waals surface area contributed by atoms with Crippen molar-refractivity contribution in [2.45, 2.75) is 32.7 Å². The first-order valence-corrected chi connectivity index (χ1v) is 7.89. The second-order valence-corrected chi connectivity index (χ2v) is 5.83. The van der Waals surface area contributed by atoms with Crippen LogP contribution in [-0.2, 0) is 11.3 Å². The van der Waals surface area contributed by atoms with E-state index in [2.05, 4.69) is 0 Å². The van der Waals surface area contributed by atoms with Crippen molar-refractivity contribution in [1.82, 2.24) is 9.80 Å². The topological polar surface area (TPSA) is 60.9 Å². The molecule has 120 valence electrons. The summed E-state index contributed by atoms with van der Waals surface area (Å²) in [5.74, 6) is 0.541. The van der Waals surface area contributed by atoms with Crippen molar-refractivity contribution in [3.8, 4) is 0 Å². The maximum atomic E-state index is 12.2. The number of carbonyl (C=O) groups is 2. The predicted octanol–water partition coefficient (Wildman–Crippen LogP) is 2.82. The van der Waals surface area contributed by atoms with E-state index in [1.165, 1.54) is 4.90 Å². The number of carbonyl (C=O) groups excluding carboxylic acids is 1. The fourth-order valence-electron chi connectivity index (χ4n) is 2.90. The van der Waals surface area contributed by atoms with Crippen LogP contribution in [0.2, 0.25) is 0 Å². The Hall–Kier alpha value is -2.04. The highest BCUT2D eigenvalue weighted by Gasteiger charge is 2.25. The Morgan fingerprint density at radius 3 is 2.41 bits per heavy atom. The molecule has 22 heavy (non-hydrogen) atoms. The highest BCUT2D eigenvalue weighted by molar-refractivity contribution is 5.75. The van der Waals surface area contributed by atoms with Crippen LogP contribution in [0.4, 0.5) is 4.79 Å². The van der Waals surface area contributed by atoms with Crippen LogP contribution in [-0.4, -0.2) is 46.5 Å². The third-order valence-electron chi connectivity index (χ3n) is 4.24. The van der Waals surface area contributed by atoms with E-state index in [0.717, 1.165) is 24.9 Å². The van der Waals surface area contributed by atoms with Gasteiger partial charge in [-0.2, -0.15) is 0 Å². The average molecular weight is 304 g/mol. The van der Waals surface area contributed by atoms with E-state index in [4.69, 9.17) is 5.11 Å². The lowest BCUT2D eigenvalue weighted by atomic mass is 9.96. The van der Waals surface area contributed by atoms with Crippen molar-refractivity contribution in [2.24, 2.45) is 5.92 Å². The van der Waals surface area contributed by atoms with E-state index in [0.29, 0.717) is 32.0 Å². The SMILES string of the molecule is CCC(=O)N(Cc1ccccc1)CC1CCN(C(=O)O)CC1. The van der Waals surface area contributed by atoms with Crippen LogP contribution < -0.4 is 0 Å². The summed E-state index contributed by atoms with van der Waals surface area (Å²) in [6, 6.07) is 9.99. The van der Waals surface area contributed by atoms with Crippen molar-refractivity contribution in [2.75, 3.05) is 19.6 Å². The summed E-state index contributed by atoms with van der Waals surface area (Å²) < 4.78 is 0. The fraction of sp³-hybridized carbons (Fsp3) is 0.529. The lowest BCUT2D eigenvalue weighted by Gasteiger charge is -2.33. The van der Waals surface area contributed by atoms with Crippen molar-refractivity contribution in [3.63, 3.8) is 0 Å². The molecule has 0 bridgehead atoms. The van der Waals surface area contributed by atoms with Crippen molar-refractivity contribution in [3.05, 3.63) is 35.9 Å². The molecule has 0 atom stereocenters. The minimum Gasteiger partial charge on any atom is -0.465 e. The molecule has 0 radical (unpaired) electrons. The van der Waals surface area contributed by atoms with Crippen LogP contribution in [0.1, 0.15) is 31.7 Å². The van der Waals surface area contributed by atoms with Crippen LogP contribution in [0, 0.1) is 5.92 Å². The zero-order chi connectivity index (χ0) is 15.9. The standard InChI is InChI=1S/C17H24N2O3/c1-2-16(20)19(12-14-6-4-3-5-7-14)13-15-8-10-18(11-9-15)17(21)22/h3-7,15H,2,8-13H2,1H3,(H,21,22). The Kier molecular flexibility index (Phi) is 5.81. The first-order chi connectivity index (χ1) is 10.6. The molecule has 1 saturated heterocycles. The number of amides is 2. The summed E-state index contributed by atoms with van der Waals surface area (Å²) in [7, 11) is 0. The third-order valence-corrected chi connectivity index (χ3v) is 4.24. The van der Waals surface area contributed by atoms with Crippen molar-refractivity contribution >= 4 is 12.0 Å². The van der Waals surface area contributed by atoms with Gasteiger partial charge in [-0.1, -0.05) is 37.3 Å². The minimum absolute atomic E-state index is 0.157. The zero-order valence-electron chi connectivity index (χ0n) is 13.1. The fourth-order valence-corrected chi connectivity index (χ4v) is 2.90. The first kappa shape index (κ1) is 16.3. The van der Waals surface area contributed by atoms with Crippen LogP contribution in [0.5, 0.6) is 0 Å². The number of rotatable bonds is 5. The number of nitrogens with zero attached hydrogens (tertiary/aromatic N) is 2. The monoisotopic (exact) mass is 304 g/mol. The highest BCUT2D eigenvalue weighted by Crippen LogP contribution is 2.20. The van der Waals surface area contributed by atoms with Crippen LogP contribution in [0.3, 0.4) is 0 Å². The Labute approximate surface area is 131 Å². The minimum atomic E-state index is -0.843. The summed E-state index contributed by atoms with van der Waals surface area (Å²) in [5, 5.41) is 8.99. The van der Waals surface area contributed by atoms with E-state index >= 15 is 0 Å². The Bertz CT molecular complexity index is 496. The molecule has 1 aromatic rings. The van der Waals surface area contributed by atoms with Crippen LogP contribution in [0.25, 0.3) is 0 Å². The van der Waals surface area contributed by atoms with Gasteiger partial charge in [0.25, 0.3) is 0 Å². The van der Waals surface area contributed by atoms with Gasteiger partial charge in [-0.15, -0.1) is 0 Å². The largest absolute Gasteiger partial charge is 0.465 e. The van der Waals surface area contributed by atoms with Crippen molar-refractivity contribution in [1.29, 1.82) is 0 Å². The molecule has 2 rings (SSSR count). The summed E-state index contributed by atoms with van der Waals surface area (Å²) >= 11 is 0. The van der Waals surface area contributed by atoms with Gasteiger partial charge < -0.3 is 14.9 Å². The molecule has 1 aliphatic heterocycles. The molecule has 1 heterocycles. The molecule has 0 aliphatic carbocycles. The molecule has 0 saturated carbocycles. The lowest BCUT2D eigenvalue weighted by molar-refractivity contribution is -0.132. The summed E-state index contributed by atoms with van der Waals surface area (Å²) in [6.07, 6.45) is 1.31. The number of piperidine rings is 1. The van der Waals surface area contributed by atoms with Gasteiger partial charge in [0.1, 0.15) is 0 Å². The van der Waals surface area contributed by atoms with Gasteiger partial charge >= 0.3 is 6.09 Å². The highest BCUT2D eigenvalue weighted by atomic mass is 16.4. The molecule has 5 heteroatoms. The van der Waals surface area contributed by atoms with Gasteiger partial charge in [0.05, 0.1) is 0 Å². The van der Waals surface area contributed by atoms with Crippen molar-refractivity contribution < 1.29 is 14.7 Å². The second kappa shape index (κ2) is 7.82. The summed E-state index contributed by atoms with van der Waals surface area (Å²) in [4.78, 5) is 26.5.